The molecule has 3 heteroatoms. The summed E-state index contributed by atoms with van der Waals surface area (Å²) in [5.41, 5.74) is 3.43. The van der Waals surface area contributed by atoms with Crippen molar-refractivity contribution in [2.45, 2.75) is 31.9 Å². The van der Waals surface area contributed by atoms with Crippen LogP contribution in [0.15, 0.2) is 67.3 Å². The van der Waals surface area contributed by atoms with Gasteiger partial charge in [0.2, 0.25) is 0 Å². The zero-order chi connectivity index (χ0) is 16.8. The van der Waals surface area contributed by atoms with E-state index in [0.29, 0.717) is 6.61 Å². The summed E-state index contributed by atoms with van der Waals surface area (Å²) in [5, 5.41) is 0. The van der Waals surface area contributed by atoms with Crippen molar-refractivity contribution in [2.24, 2.45) is 0 Å². The molecule has 1 aliphatic rings. The number of carbonyl (C=O) groups is 1. The molecule has 2 aromatic carbocycles. The molecule has 1 atom stereocenters. The van der Waals surface area contributed by atoms with Crippen LogP contribution in [0, 0.1) is 0 Å². The predicted molar refractivity (Wildman–Crippen MR) is 95.7 cm³/mol. The highest BCUT2D eigenvalue weighted by molar-refractivity contribution is 5.68. The number of carbonyl (C=O) groups excluding carboxylic acids is 1. The van der Waals surface area contributed by atoms with Crippen LogP contribution in [-0.2, 0) is 17.8 Å². The van der Waals surface area contributed by atoms with E-state index in [0.717, 1.165) is 31.4 Å². The Bertz CT molecular complexity index is 679. The lowest BCUT2D eigenvalue weighted by Crippen LogP contribution is -2.31. The van der Waals surface area contributed by atoms with Gasteiger partial charge in [-0.2, -0.15) is 0 Å². The largest absolute Gasteiger partial charge is 0.445 e. The van der Waals surface area contributed by atoms with Gasteiger partial charge < -0.3 is 9.64 Å². The summed E-state index contributed by atoms with van der Waals surface area (Å²) in [7, 11) is 0. The Kier molecular flexibility index (Phi) is 5.32. The molecule has 124 valence electrons. The van der Waals surface area contributed by atoms with Gasteiger partial charge in [0.05, 0.1) is 6.04 Å². The smallest absolute Gasteiger partial charge is 0.410 e. The van der Waals surface area contributed by atoms with Crippen LogP contribution >= 0.6 is 0 Å². The number of ether oxygens (including phenoxy) is 1. The van der Waals surface area contributed by atoms with E-state index in [2.05, 4.69) is 30.8 Å². The van der Waals surface area contributed by atoms with Crippen molar-refractivity contribution in [3.05, 3.63) is 83.9 Å². The SMILES string of the molecule is C=CCc1ccc(C2CCCN2C(=O)OCc2ccccc2)cc1. The van der Waals surface area contributed by atoms with Gasteiger partial charge in [-0.15, -0.1) is 6.58 Å². The first kappa shape index (κ1) is 16.3. The standard InChI is InChI=1S/C21H23NO2/c1-2-7-17-11-13-19(14-12-17)20-10-6-15-22(20)21(23)24-16-18-8-4-3-5-9-18/h2-5,8-9,11-14,20H,1,6-7,10,15-16H2. The molecule has 2 aromatic rings. The molecule has 0 aliphatic carbocycles. The topological polar surface area (TPSA) is 29.5 Å². The summed E-state index contributed by atoms with van der Waals surface area (Å²) in [6.45, 7) is 4.84. The van der Waals surface area contributed by atoms with E-state index >= 15 is 0 Å². The first-order chi connectivity index (χ1) is 11.8. The van der Waals surface area contributed by atoms with E-state index in [4.69, 9.17) is 4.74 Å². The maximum atomic E-state index is 12.5. The maximum Gasteiger partial charge on any atom is 0.410 e. The van der Waals surface area contributed by atoms with Crippen molar-refractivity contribution in [1.82, 2.24) is 4.90 Å². The first-order valence-electron chi connectivity index (χ1n) is 8.45. The van der Waals surface area contributed by atoms with Crippen LogP contribution in [0.5, 0.6) is 0 Å². The third kappa shape index (κ3) is 3.85. The van der Waals surface area contributed by atoms with Gasteiger partial charge in [0.15, 0.2) is 0 Å². The number of hydrogen-bond acceptors (Lipinski definition) is 2. The molecule has 0 radical (unpaired) electrons. The van der Waals surface area contributed by atoms with Gasteiger partial charge in [0.25, 0.3) is 0 Å². The van der Waals surface area contributed by atoms with Crippen LogP contribution in [-0.4, -0.2) is 17.5 Å². The van der Waals surface area contributed by atoms with Gasteiger partial charge in [0, 0.05) is 6.54 Å². The summed E-state index contributed by atoms with van der Waals surface area (Å²) in [4.78, 5) is 14.3. The van der Waals surface area contributed by atoms with Gasteiger partial charge in [-0.1, -0.05) is 60.7 Å². The molecule has 1 aliphatic heterocycles. The third-order valence-electron chi connectivity index (χ3n) is 4.44. The quantitative estimate of drug-likeness (QED) is 0.734. The van der Waals surface area contributed by atoms with Crippen LogP contribution in [0.3, 0.4) is 0 Å². The fraction of sp³-hybridized carbons (Fsp3) is 0.286. The van der Waals surface area contributed by atoms with Crippen LogP contribution in [0.25, 0.3) is 0 Å². The average molecular weight is 321 g/mol. The van der Waals surface area contributed by atoms with E-state index in [-0.39, 0.29) is 12.1 Å². The molecule has 1 amide bonds. The highest BCUT2D eigenvalue weighted by Crippen LogP contribution is 2.32. The molecule has 0 spiro atoms. The number of amides is 1. The fourth-order valence-corrected chi connectivity index (χ4v) is 3.18. The molecule has 0 aromatic heterocycles. The highest BCUT2D eigenvalue weighted by atomic mass is 16.6. The van der Waals surface area contributed by atoms with Crippen LogP contribution < -0.4 is 0 Å². The van der Waals surface area contributed by atoms with Crippen LogP contribution in [0.4, 0.5) is 4.79 Å². The lowest BCUT2D eigenvalue weighted by atomic mass is 10.0. The second-order valence-electron chi connectivity index (χ2n) is 6.13. The summed E-state index contributed by atoms with van der Waals surface area (Å²) in [5.74, 6) is 0. The molecular weight excluding hydrogens is 298 g/mol. The number of benzene rings is 2. The van der Waals surface area contributed by atoms with Crippen molar-refractivity contribution in [2.75, 3.05) is 6.54 Å². The lowest BCUT2D eigenvalue weighted by Gasteiger charge is -2.24. The highest BCUT2D eigenvalue weighted by Gasteiger charge is 2.30. The zero-order valence-corrected chi connectivity index (χ0v) is 13.9. The van der Waals surface area contributed by atoms with E-state index in [9.17, 15) is 4.79 Å². The minimum Gasteiger partial charge on any atom is -0.445 e. The molecule has 3 rings (SSSR count). The Hall–Kier alpha value is -2.55. The Labute approximate surface area is 143 Å². The van der Waals surface area contributed by atoms with Gasteiger partial charge in [-0.25, -0.2) is 4.79 Å². The zero-order valence-electron chi connectivity index (χ0n) is 13.9. The van der Waals surface area contributed by atoms with Gasteiger partial charge >= 0.3 is 6.09 Å². The monoisotopic (exact) mass is 321 g/mol. The van der Waals surface area contributed by atoms with Gasteiger partial charge in [-0.05, 0) is 36.0 Å². The third-order valence-corrected chi connectivity index (χ3v) is 4.44. The van der Waals surface area contributed by atoms with E-state index in [1.54, 1.807) is 0 Å². The van der Waals surface area contributed by atoms with Crippen molar-refractivity contribution in [1.29, 1.82) is 0 Å². The molecule has 1 saturated heterocycles. The van der Waals surface area contributed by atoms with Crippen LogP contribution in [0.2, 0.25) is 0 Å². The lowest BCUT2D eigenvalue weighted by molar-refractivity contribution is 0.0921. The summed E-state index contributed by atoms with van der Waals surface area (Å²) < 4.78 is 5.50. The number of allylic oxidation sites excluding steroid dienone is 1. The van der Waals surface area contributed by atoms with E-state index in [1.165, 1.54) is 11.1 Å². The maximum absolute atomic E-state index is 12.5. The number of rotatable bonds is 5. The predicted octanol–water partition coefficient (Wildman–Crippen LogP) is 4.89. The molecule has 0 N–H and O–H groups in total. The number of likely N-dealkylation sites (tertiary alicyclic amines) is 1. The Morgan fingerprint density at radius 2 is 1.88 bits per heavy atom. The molecule has 24 heavy (non-hydrogen) atoms. The van der Waals surface area contributed by atoms with Crippen molar-refractivity contribution in [3.8, 4) is 0 Å². The Morgan fingerprint density at radius 1 is 1.12 bits per heavy atom. The van der Waals surface area contributed by atoms with E-state index in [1.807, 2.05) is 41.3 Å². The van der Waals surface area contributed by atoms with Crippen molar-refractivity contribution in [3.63, 3.8) is 0 Å². The molecule has 1 fully saturated rings. The van der Waals surface area contributed by atoms with E-state index < -0.39 is 0 Å². The minimum absolute atomic E-state index is 0.117. The first-order valence-corrected chi connectivity index (χ1v) is 8.45. The summed E-state index contributed by atoms with van der Waals surface area (Å²) in [6, 6.07) is 18.4. The minimum atomic E-state index is -0.225. The number of nitrogens with zero attached hydrogens (tertiary/aromatic N) is 1. The number of hydrogen-bond donors (Lipinski definition) is 0. The van der Waals surface area contributed by atoms with Gasteiger partial charge in [0.1, 0.15) is 6.61 Å². The second kappa shape index (κ2) is 7.82. The molecule has 0 bridgehead atoms. The molecule has 3 nitrogen and oxygen atoms in total. The summed E-state index contributed by atoms with van der Waals surface area (Å²) in [6.07, 6.45) is 4.54. The van der Waals surface area contributed by atoms with Crippen LogP contribution in [0.1, 0.15) is 35.6 Å². The van der Waals surface area contributed by atoms with Crippen molar-refractivity contribution < 1.29 is 9.53 Å². The van der Waals surface area contributed by atoms with Gasteiger partial charge in [-0.3, -0.25) is 0 Å². The molecular formula is C21H23NO2. The summed E-state index contributed by atoms with van der Waals surface area (Å²) >= 11 is 0. The average Bonchev–Trinajstić information content (AvgIpc) is 3.11. The molecule has 1 heterocycles. The normalized spacial score (nSPS) is 16.8. The molecule has 0 saturated carbocycles. The second-order valence-corrected chi connectivity index (χ2v) is 6.13. The Morgan fingerprint density at radius 3 is 2.58 bits per heavy atom. The molecule has 1 unspecified atom stereocenters. The Balaban J connectivity index is 1.63. The van der Waals surface area contributed by atoms with Crippen molar-refractivity contribution >= 4 is 6.09 Å². The fourth-order valence-electron chi connectivity index (χ4n) is 3.18.